The van der Waals surface area contributed by atoms with Crippen molar-refractivity contribution < 1.29 is 33.8 Å². The summed E-state index contributed by atoms with van der Waals surface area (Å²) in [7, 11) is 0. The summed E-state index contributed by atoms with van der Waals surface area (Å²) in [4.78, 5) is 67.9. The molecule has 0 saturated carbocycles. The summed E-state index contributed by atoms with van der Waals surface area (Å²) in [5.74, 6) is -1.21. The second kappa shape index (κ2) is 16.7. The lowest BCUT2D eigenvalue weighted by Crippen LogP contribution is -2.54. The van der Waals surface area contributed by atoms with E-state index in [4.69, 9.17) is 10.5 Å². The summed E-state index contributed by atoms with van der Waals surface area (Å²) in [5.41, 5.74) is 8.42. The monoisotopic (exact) mass is 711 g/mol. The summed E-state index contributed by atoms with van der Waals surface area (Å²) in [6.07, 6.45) is 8.64. The van der Waals surface area contributed by atoms with Crippen LogP contribution in [0.2, 0.25) is 0 Å². The van der Waals surface area contributed by atoms with Gasteiger partial charge in [0.2, 0.25) is 17.7 Å². The lowest BCUT2D eigenvalue weighted by molar-refractivity contribution is -0.136. The first kappa shape index (κ1) is 36.3. The highest BCUT2D eigenvalue weighted by atomic mass is 16.5. The Hall–Kier alpha value is -5.53. The Balaban J connectivity index is 0.831. The Morgan fingerprint density at radius 3 is 2.27 bits per heavy atom. The van der Waals surface area contributed by atoms with E-state index in [2.05, 4.69) is 20.4 Å². The van der Waals surface area contributed by atoms with Crippen molar-refractivity contribution >= 4 is 41.0 Å². The predicted molar refractivity (Wildman–Crippen MR) is 192 cm³/mol. The Labute approximate surface area is 302 Å². The van der Waals surface area contributed by atoms with Crippen LogP contribution >= 0.6 is 0 Å². The highest BCUT2D eigenvalue weighted by Gasteiger charge is 2.46. The number of aromatic hydroxyl groups is 1. The Kier molecular flexibility index (Phi) is 11.6. The number of rotatable bonds is 15. The van der Waals surface area contributed by atoms with Gasteiger partial charge in [-0.1, -0.05) is 56.7 Å². The largest absolute Gasteiger partial charge is 0.507 e. The molecule has 4 N–H and O–H groups in total. The molecule has 0 aliphatic carbocycles. The van der Waals surface area contributed by atoms with Crippen LogP contribution in [0, 0.1) is 0 Å². The summed E-state index contributed by atoms with van der Waals surface area (Å²) in [6.45, 7) is 2.90. The number of ether oxygens (including phenoxy) is 1. The molecule has 14 nitrogen and oxygen atoms in total. The van der Waals surface area contributed by atoms with Gasteiger partial charge in [0, 0.05) is 44.6 Å². The Bertz CT molecular complexity index is 1820. The van der Waals surface area contributed by atoms with Crippen LogP contribution in [0.25, 0.3) is 11.3 Å². The van der Waals surface area contributed by atoms with E-state index in [-0.39, 0.29) is 35.6 Å². The van der Waals surface area contributed by atoms with Crippen molar-refractivity contribution in [2.45, 2.75) is 76.7 Å². The van der Waals surface area contributed by atoms with E-state index in [0.29, 0.717) is 62.0 Å². The number of fused-ring (bicyclic) bond motifs is 1. The van der Waals surface area contributed by atoms with Gasteiger partial charge in [-0.15, -0.1) is 10.2 Å². The van der Waals surface area contributed by atoms with Crippen molar-refractivity contribution in [1.82, 2.24) is 25.3 Å². The fraction of sp³-hybridized carbons (Fsp3) is 0.447. The standard InChI is InChI=1S/C38H45N7O7/c39-35-29(24-27(41-42-35)25-12-8-9-14-30(25)46)43-19-21-44(22-20-43)33(48)16-7-5-3-1-2-4-6-10-23-52-31-15-11-13-26-34(31)38(51)45(37(26)50)28-17-18-32(47)40-36(28)49/h8-9,11-15,24,28,46H,1-7,10,16-23H2,(H2,39,42)(H,40,47,49). The number of amides is 5. The molecule has 1 atom stereocenters. The minimum Gasteiger partial charge on any atom is -0.507 e. The zero-order valence-electron chi connectivity index (χ0n) is 29.2. The van der Waals surface area contributed by atoms with Gasteiger partial charge >= 0.3 is 0 Å². The number of piperazine rings is 1. The maximum atomic E-state index is 13.2. The maximum absolute atomic E-state index is 13.2. The molecule has 1 aromatic heterocycles. The number of benzene rings is 2. The number of para-hydroxylation sites is 1. The number of piperidine rings is 1. The first-order valence-corrected chi connectivity index (χ1v) is 18.1. The van der Waals surface area contributed by atoms with Gasteiger partial charge in [0.05, 0.1) is 29.1 Å². The van der Waals surface area contributed by atoms with Crippen LogP contribution < -0.4 is 20.7 Å². The molecule has 1 unspecified atom stereocenters. The SMILES string of the molecule is Nc1nnc(-c2ccccc2O)cc1N1CCN(C(=O)CCCCCCCCCCOc2cccc3c2C(=O)N(C2CCC(=O)NC2=O)C3=O)CC1. The highest BCUT2D eigenvalue weighted by molar-refractivity contribution is 6.24. The van der Waals surface area contributed by atoms with Gasteiger partial charge in [0.1, 0.15) is 17.5 Å². The molecule has 2 saturated heterocycles. The minimum atomic E-state index is -1.01. The van der Waals surface area contributed by atoms with Gasteiger partial charge in [-0.05, 0) is 49.6 Å². The second-order valence-electron chi connectivity index (χ2n) is 13.4. The first-order chi connectivity index (χ1) is 25.2. The number of carbonyl (C=O) groups is 5. The smallest absolute Gasteiger partial charge is 0.266 e. The zero-order valence-corrected chi connectivity index (χ0v) is 29.2. The summed E-state index contributed by atoms with van der Waals surface area (Å²) in [5, 5.41) is 20.7. The first-order valence-electron chi connectivity index (χ1n) is 18.1. The number of hydrogen-bond donors (Lipinski definition) is 3. The van der Waals surface area contributed by atoms with Crippen LogP contribution in [0.4, 0.5) is 11.5 Å². The molecule has 6 rings (SSSR count). The third-order valence-corrected chi connectivity index (χ3v) is 9.93. The van der Waals surface area contributed by atoms with Crippen LogP contribution in [0.1, 0.15) is 91.3 Å². The summed E-state index contributed by atoms with van der Waals surface area (Å²) >= 11 is 0. The lowest BCUT2D eigenvalue weighted by Gasteiger charge is -2.36. The van der Waals surface area contributed by atoms with E-state index in [1.807, 2.05) is 17.0 Å². The maximum Gasteiger partial charge on any atom is 0.266 e. The van der Waals surface area contributed by atoms with Crippen molar-refractivity contribution in [3.8, 4) is 22.8 Å². The van der Waals surface area contributed by atoms with Gasteiger partial charge < -0.3 is 25.4 Å². The van der Waals surface area contributed by atoms with E-state index in [9.17, 15) is 29.1 Å². The molecule has 3 aliphatic rings. The summed E-state index contributed by atoms with van der Waals surface area (Å²) < 4.78 is 5.93. The van der Waals surface area contributed by atoms with Gasteiger partial charge in [0.15, 0.2) is 5.82 Å². The van der Waals surface area contributed by atoms with Crippen LogP contribution in [0.5, 0.6) is 11.5 Å². The molecule has 0 radical (unpaired) electrons. The normalized spacial score (nSPS) is 17.4. The number of phenolic OH excluding ortho intramolecular Hbond substituents is 1. The van der Waals surface area contributed by atoms with Crippen molar-refractivity contribution in [2.24, 2.45) is 0 Å². The van der Waals surface area contributed by atoms with Crippen LogP contribution in [0.3, 0.4) is 0 Å². The molecule has 14 heteroatoms. The number of nitrogens with two attached hydrogens (primary N) is 1. The second-order valence-corrected chi connectivity index (χ2v) is 13.4. The van der Waals surface area contributed by atoms with E-state index in [1.165, 1.54) is 0 Å². The van der Waals surface area contributed by atoms with Crippen LogP contribution in [-0.2, 0) is 14.4 Å². The van der Waals surface area contributed by atoms with Crippen molar-refractivity contribution in [3.05, 3.63) is 59.7 Å². The van der Waals surface area contributed by atoms with Crippen LogP contribution in [-0.4, -0.2) is 93.5 Å². The zero-order chi connectivity index (χ0) is 36.6. The van der Waals surface area contributed by atoms with Gasteiger partial charge in [-0.2, -0.15) is 0 Å². The van der Waals surface area contributed by atoms with Crippen LogP contribution in [0.15, 0.2) is 48.5 Å². The van der Waals surface area contributed by atoms with Crippen molar-refractivity contribution in [2.75, 3.05) is 43.4 Å². The fourth-order valence-electron chi connectivity index (χ4n) is 7.05. The van der Waals surface area contributed by atoms with Crippen molar-refractivity contribution in [1.29, 1.82) is 0 Å². The molecule has 52 heavy (non-hydrogen) atoms. The molecule has 0 spiro atoms. The molecule has 2 aromatic carbocycles. The van der Waals surface area contributed by atoms with E-state index >= 15 is 0 Å². The third-order valence-electron chi connectivity index (χ3n) is 9.93. The number of nitrogens with zero attached hydrogens (tertiary/aromatic N) is 5. The molecule has 3 aliphatic heterocycles. The average Bonchev–Trinajstić information content (AvgIpc) is 3.40. The number of phenols is 1. The quantitative estimate of drug-likeness (QED) is 0.152. The molecule has 274 valence electrons. The van der Waals surface area contributed by atoms with Crippen molar-refractivity contribution in [3.63, 3.8) is 0 Å². The number of nitrogen functional groups attached to an aromatic ring is 1. The van der Waals surface area contributed by atoms with Gasteiger partial charge in [0.25, 0.3) is 11.8 Å². The number of unbranched alkanes of at least 4 members (excludes halogenated alkanes) is 7. The third kappa shape index (κ3) is 8.16. The number of anilines is 2. The van der Waals surface area contributed by atoms with Gasteiger partial charge in [-0.3, -0.25) is 34.2 Å². The Morgan fingerprint density at radius 2 is 1.54 bits per heavy atom. The van der Waals surface area contributed by atoms with E-state index in [0.717, 1.165) is 62.0 Å². The number of carbonyl (C=O) groups excluding carboxylic acids is 5. The molecule has 3 aromatic rings. The van der Waals surface area contributed by atoms with E-state index in [1.54, 1.807) is 36.4 Å². The molecule has 0 bridgehead atoms. The minimum absolute atomic E-state index is 0.0702. The average molecular weight is 712 g/mol. The molecule has 5 amide bonds. The Morgan fingerprint density at radius 1 is 0.846 bits per heavy atom. The number of nitrogens with one attached hydrogen (secondary N) is 1. The lowest BCUT2D eigenvalue weighted by atomic mass is 10.0. The van der Waals surface area contributed by atoms with E-state index < -0.39 is 29.7 Å². The fourth-order valence-corrected chi connectivity index (χ4v) is 7.05. The number of hydrogen-bond acceptors (Lipinski definition) is 11. The topological polar surface area (TPSA) is 188 Å². The molecule has 4 heterocycles. The number of imide groups is 2. The van der Waals surface area contributed by atoms with Gasteiger partial charge in [-0.25, -0.2) is 0 Å². The molecular formula is C38H45N7O7. The number of aromatic nitrogens is 2. The molecule has 2 fully saturated rings. The molecular weight excluding hydrogens is 666 g/mol. The summed E-state index contributed by atoms with van der Waals surface area (Å²) in [6, 6.07) is 12.7. The predicted octanol–water partition coefficient (Wildman–Crippen LogP) is 4.07. The highest BCUT2D eigenvalue weighted by Crippen LogP contribution is 2.34.